The summed E-state index contributed by atoms with van der Waals surface area (Å²) in [6.07, 6.45) is 0.498. The molecule has 0 heterocycles. The molecule has 0 spiro atoms. The molecule has 6 nitrogen and oxygen atoms in total. The van der Waals surface area contributed by atoms with Crippen LogP contribution in [0, 0.1) is 0 Å². The number of methoxy groups -OCH3 is 1. The minimum absolute atomic E-state index is 0.138. The van der Waals surface area contributed by atoms with E-state index in [4.69, 9.17) is 9.47 Å². The van der Waals surface area contributed by atoms with Crippen molar-refractivity contribution in [2.75, 3.05) is 20.8 Å². The van der Waals surface area contributed by atoms with E-state index in [0.29, 0.717) is 17.9 Å². The normalized spacial score (nSPS) is 11.7. The number of carbonyl (C=O) groups is 2. The van der Waals surface area contributed by atoms with Crippen molar-refractivity contribution in [3.8, 4) is 11.5 Å². The van der Waals surface area contributed by atoms with Gasteiger partial charge in [-0.3, -0.25) is 9.59 Å². The molecule has 6 heteroatoms. The molecule has 0 aromatic heterocycles. The Labute approximate surface area is 179 Å². The molecule has 0 aliphatic rings. The lowest BCUT2D eigenvalue weighted by Gasteiger charge is -2.30. The van der Waals surface area contributed by atoms with Crippen molar-refractivity contribution in [3.05, 3.63) is 59.7 Å². The van der Waals surface area contributed by atoms with Gasteiger partial charge in [-0.1, -0.05) is 51.1 Å². The van der Waals surface area contributed by atoms with Gasteiger partial charge in [0.25, 0.3) is 5.91 Å². The van der Waals surface area contributed by atoms with Crippen LogP contribution < -0.4 is 14.8 Å². The number of carbonyl (C=O) groups excluding carboxylic acids is 2. The lowest BCUT2D eigenvalue weighted by atomic mass is 10.0. The van der Waals surface area contributed by atoms with E-state index in [0.717, 1.165) is 11.1 Å². The van der Waals surface area contributed by atoms with Gasteiger partial charge in [-0.25, -0.2) is 0 Å². The minimum Gasteiger partial charge on any atom is -0.497 e. The Kier molecular flexibility index (Phi) is 8.71. The van der Waals surface area contributed by atoms with Gasteiger partial charge in [0.1, 0.15) is 17.5 Å². The second kappa shape index (κ2) is 11.2. The molecule has 0 saturated carbocycles. The van der Waals surface area contributed by atoms with E-state index in [1.54, 1.807) is 19.1 Å². The van der Waals surface area contributed by atoms with Crippen molar-refractivity contribution in [3.63, 3.8) is 0 Å². The fraction of sp³-hybridized carbons (Fsp3) is 0.417. The maximum Gasteiger partial charge on any atom is 0.261 e. The van der Waals surface area contributed by atoms with Gasteiger partial charge < -0.3 is 19.7 Å². The zero-order valence-corrected chi connectivity index (χ0v) is 18.5. The summed E-state index contributed by atoms with van der Waals surface area (Å²) in [5.74, 6) is 1.23. The van der Waals surface area contributed by atoms with Crippen LogP contribution in [-0.4, -0.2) is 43.5 Å². The maximum atomic E-state index is 13.2. The van der Waals surface area contributed by atoms with Crippen molar-refractivity contribution >= 4 is 11.8 Å². The van der Waals surface area contributed by atoms with Gasteiger partial charge in [-0.15, -0.1) is 0 Å². The lowest BCUT2D eigenvalue weighted by molar-refractivity contribution is -0.142. The zero-order chi connectivity index (χ0) is 22.1. The highest BCUT2D eigenvalue weighted by atomic mass is 16.5. The van der Waals surface area contributed by atoms with Gasteiger partial charge in [0.15, 0.2) is 6.61 Å². The molecule has 0 fully saturated rings. The molecule has 0 unspecified atom stereocenters. The molecular weight excluding hydrogens is 380 g/mol. The number of benzene rings is 2. The van der Waals surface area contributed by atoms with Crippen LogP contribution in [0.2, 0.25) is 0 Å². The molecular formula is C24H32N2O4. The minimum atomic E-state index is -0.586. The summed E-state index contributed by atoms with van der Waals surface area (Å²) in [5.41, 5.74) is 1.93. The first-order chi connectivity index (χ1) is 14.4. The Bertz CT molecular complexity index is 851. The molecule has 2 aromatic carbocycles. The van der Waals surface area contributed by atoms with Gasteiger partial charge >= 0.3 is 0 Å². The summed E-state index contributed by atoms with van der Waals surface area (Å²) in [5, 5.41) is 2.66. The Balaban J connectivity index is 2.24. The quantitative estimate of drug-likeness (QED) is 0.645. The van der Waals surface area contributed by atoms with E-state index in [9.17, 15) is 9.59 Å². The number of para-hydroxylation sites is 1. The fourth-order valence-corrected chi connectivity index (χ4v) is 3.36. The second-order valence-electron chi connectivity index (χ2n) is 7.39. The maximum absolute atomic E-state index is 13.2. The SMILES string of the molecule is CC[C@H](C(=O)NC)N(Cc1cccc(OC)c1)C(=O)COc1ccccc1C(C)C. The summed E-state index contributed by atoms with van der Waals surface area (Å²) >= 11 is 0. The van der Waals surface area contributed by atoms with Gasteiger partial charge in [-0.05, 0) is 41.7 Å². The first-order valence-electron chi connectivity index (χ1n) is 10.3. The Morgan fingerprint density at radius 3 is 2.47 bits per heavy atom. The van der Waals surface area contributed by atoms with Gasteiger partial charge in [-0.2, -0.15) is 0 Å². The van der Waals surface area contributed by atoms with Crippen LogP contribution >= 0.6 is 0 Å². The highest BCUT2D eigenvalue weighted by Crippen LogP contribution is 2.26. The van der Waals surface area contributed by atoms with E-state index in [1.165, 1.54) is 0 Å². The smallest absolute Gasteiger partial charge is 0.261 e. The number of hydrogen-bond acceptors (Lipinski definition) is 4. The van der Waals surface area contributed by atoms with E-state index in [1.807, 2.05) is 55.5 Å². The van der Waals surface area contributed by atoms with Crippen LogP contribution in [0.3, 0.4) is 0 Å². The van der Waals surface area contributed by atoms with E-state index < -0.39 is 6.04 Å². The zero-order valence-electron chi connectivity index (χ0n) is 18.5. The largest absolute Gasteiger partial charge is 0.497 e. The Morgan fingerprint density at radius 1 is 1.10 bits per heavy atom. The lowest BCUT2D eigenvalue weighted by Crippen LogP contribution is -2.49. The molecule has 2 amide bonds. The highest BCUT2D eigenvalue weighted by Gasteiger charge is 2.28. The second-order valence-corrected chi connectivity index (χ2v) is 7.39. The Morgan fingerprint density at radius 2 is 1.83 bits per heavy atom. The molecule has 0 radical (unpaired) electrons. The molecule has 2 aromatic rings. The average Bonchev–Trinajstić information content (AvgIpc) is 2.77. The number of nitrogens with one attached hydrogen (secondary N) is 1. The van der Waals surface area contributed by atoms with Gasteiger partial charge in [0.2, 0.25) is 5.91 Å². The standard InChI is InChI=1S/C24H32N2O4/c1-6-21(24(28)25-4)26(15-18-10-9-11-19(14-18)29-5)23(27)16-30-22-13-8-7-12-20(22)17(2)3/h7-14,17,21H,6,15-16H2,1-5H3,(H,25,28)/t21-/m1/s1. The predicted molar refractivity (Wildman–Crippen MR) is 118 cm³/mol. The molecule has 162 valence electrons. The topological polar surface area (TPSA) is 67.9 Å². The van der Waals surface area contributed by atoms with E-state index >= 15 is 0 Å². The van der Waals surface area contributed by atoms with Crippen LogP contribution in [0.1, 0.15) is 44.2 Å². The molecule has 1 atom stereocenters. The molecule has 0 saturated heterocycles. The monoisotopic (exact) mass is 412 g/mol. The van der Waals surface area contributed by atoms with Gasteiger partial charge in [0, 0.05) is 13.6 Å². The van der Waals surface area contributed by atoms with Crippen LogP contribution in [-0.2, 0) is 16.1 Å². The van der Waals surface area contributed by atoms with Gasteiger partial charge in [0.05, 0.1) is 7.11 Å². The molecule has 0 bridgehead atoms. The first kappa shape index (κ1) is 23.3. The number of ether oxygens (including phenoxy) is 2. The van der Waals surface area contributed by atoms with Crippen molar-refractivity contribution in [1.29, 1.82) is 0 Å². The van der Waals surface area contributed by atoms with Crippen molar-refractivity contribution < 1.29 is 19.1 Å². The number of likely N-dealkylation sites (N-methyl/N-ethyl adjacent to an activating group) is 1. The molecule has 1 N–H and O–H groups in total. The third-order valence-electron chi connectivity index (χ3n) is 5.01. The van der Waals surface area contributed by atoms with Crippen LogP contribution in [0.4, 0.5) is 0 Å². The van der Waals surface area contributed by atoms with E-state index in [2.05, 4.69) is 19.2 Å². The molecule has 0 aliphatic carbocycles. The summed E-state index contributed by atoms with van der Waals surface area (Å²) in [6.45, 7) is 6.20. The van der Waals surface area contributed by atoms with Crippen molar-refractivity contribution in [2.24, 2.45) is 0 Å². The highest BCUT2D eigenvalue weighted by molar-refractivity contribution is 5.88. The number of nitrogens with zero attached hydrogens (tertiary/aromatic N) is 1. The fourth-order valence-electron chi connectivity index (χ4n) is 3.36. The van der Waals surface area contributed by atoms with Crippen LogP contribution in [0.5, 0.6) is 11.5 Å². The molecule has 0 aliphatic heterocycles. The third kappa shape index (κ3) is 5.99. The number of hydrogen-bond donors (Lipinski definition) is 1. The summed E-state index contributed by atoms with van der Waals surface area (Å²) in [6, 6.07) is 14.6. The average molecular weight is 413 g/mol. The summed E-state index contributed by atoms with van der Waals surface area (Å²) in [7, 11) is 3.18. The molecule has 2 rings (SSSR count). The number of amides is 2. The van der Waals surface area contributed by atoms with E-state index in [-0.39, 0.29) is 30.9 Å². The molecule has 30 heavy (non-hydrogen) atoms. The third-order valence-corrected chi connectivity index (χ3v) is 5.01. The van der Waals surface area contributed by atoms with Crippen molar-refractivity contribution in [1.82, 2.24) is 10.2 Å². The summed E-state index contributed by atoms with van der Waals surface area (Å²) in [4.78, 5) is 27.2. The number of rotatable bonds is 10. The predicted octanol–water partition coefficient (Wildman–Crippen LogP) is 3.75. The van der Waals surface area contributed by atoms with Crippen molar-refractivity contribution in [2.45, 2.75) is 45.7 Å². The summed E-state index contributed by atoms with van der Waals surface area (Å²) < 4.78 is 11.2. The van der Waals surface area contributed by atoms with Crippen LogP contribution in [0.25, 0.3) is 0 Å². The first-order valence-corrected chi connectivity index (χ1v) is 10.3. The Hall–Kier alpha value is -3.02. The van der Waals surface area contributed by atoms with Crippen LogP contribution in [0.15, 0.2) is 48.5 Å².